The quantitative estimate of drug-likeness (QED) is 0.890. The molecule has 0 radical (unpaired) electrons. The summed E-state index contributed by atoms with van der Waals surface area (Å²) in [5.41, 5.74) is 1.12. The van der Waals surface area contributed by atoms with E-state index in [4.69, 9.17) is 10.4 Å². The minimum atomic E-state index is -3.61. The van der Waals surface area contributed by atoms with E-state index in [9.17, 15) is 8.42 Å². The van der Waals surface area contributed by atoms with Crippen LogP contribution in [0.4, 0.5) is 0 Å². The molecule has 0 heterocycles. The summed E-state index contributed by atoms with van der Waals surface area (Å²) >= 11 is 0. The molecule has 1 N–H and O–H groups in total. The number of benzene rings is 1. The van der Waals surface area contributed by atoms with Gasteiger partial charge in [0.15, 0.2) is 0 Å². The maximum absolute atomic E-state index is 12.6. The number of sulfonamides is 1. The summed E-state index contributed by atoms with van der Waals surface area (Å²) in [6.07, 6.45) is 2.71. The van der Waals surface area contributed by atoms with Crippen molar-refractivity contribution in [3.05, 3.63) is 29.3 Å². The predicted molar refractivity (Wildman–Crippen MR) is 74.5 cm³/mol. The molecule has 2 rings (SSSR count). The molecule has 5 nitrogen and oxygen atoms in total. The fraction of sp³-hybridized carbons (Fsp3) is 0.500. The minimum absolute atomic E-state index is 0.0110. The molecule has 0 aromatic heterocycles. The Morgan fingerprint density at radius 1 is 1.45 bits per heavy atom. The standard InChI is InChI=1S/C14H18N2O3S/c1-11-9-14(6-5-12(11)10-15)20(18,19)16(7-8-17)13-3-2-4-13/h5-6,9,13,17H,2-4,7-8H2,1H3. The highest BCUT2D eigenvalue weighted by Crippen LogP contribution is 2.30. The Hall–Kier alpha value is -1.42. The Morgan fingerprint density at radius 2 is 2.15 bits per heavy atom. The monoisotopic (exact) mass is 294 g/mol. The Labute approximate surface area is 119 Å². The number of hydrogen-bond donors (Lipinski definition) is 1. The van der Waals surface area contributed by atoms with E-state index in [1.807, 2.05) is 6.07 Å². The van der Waals surface area contributed by atoms with Crippen molar-refractivity contribution in [2.75, 3.05) is 13.2 Å². The molecule has 1 aromatic rings. The zero-order valence-electron chi connectivity index (χ0n) is 11.4. The first-order chi connectivity index (χ1) is 9.50. The highest BCUT2D eigenvalue weighted by molar-refractivity contribution is 7.89. The van der Waals surface area contributed by atoms with E-state index in [1.165, 1.54) is 22.5 Å². The van der Waals surface area contributed by atoms with Gasteiger partial charge >= 0.3 is 0 Å². The number of aliphatic hydroxyl groups is 1. The molecule has 1 saturated carbocycles. The van der Waals surface area contributed by atoms with Crippen LogP contribution in [0, 0.1) is 18.3 Å². The molecule has 0 amide bonds. The van der Waals surface area contributed by atoms with Gasteiger partial charge in [-0.15, -0.1) is 0 Å². The van der Waals surface area contributed by atoms with Crippen LogP contribution in [0.5, 0.6) is 0 Å². The summed E-state index contributed by atoms with van der Waals surface area (Å²) < 4.78 is 26.7. The molecule has 0 unspecified atom stereocenters. The van der Waals surface area contributed by atoms with E-state index >= 15 is 0 Å². The lowest BCUT2D eigenvalue weighted by atomic mass is 9.93. The van der Waals surface area contributed by atoms with Crippen molar-refractivity contribution in [2.45, 2.75) is 37.1 Å². The fourth-order valence-electron chi connectivity index (χ4n) is 2.33. The number of aliphatic hydroxyl groups excluding tert-OH is 1. The summed E-state index contributed by atoms with van der Waals surface area (Å²) in [6, 6.07) is 6.53. The second-order valence-electron chi connectivity index (χ2n) is 5.01. The first-order valence-corrected chi connectivity index (χ1v) is 8.08. The fourth-order valence-corrected chi connectivity index (χ4v) is 4.09. The smallest absolute Gasteiger partial charge is 0.243 e. The average Bonchev–Trinajstić information content (AvgIpc) is 2.36. The van der Waals surface area contributed by atoms with Gasteiger partial charge in [0, 0.05) is 12.6 Å². The highest BCUT2D eigenvalue weighted by atomic mass is 32.2. The Balaban J connectivity index is 2.37. The molecule has 0 spiro atoms. The molecule has 108 valence electrons. The molecule has 0 atom stereocenters. The maximum atomic E-state index is 12.6. The van der Waals surface area contributed by atoms with Crippen molar-refractivity contribution in [3.63, 3.8) is 0 Å². The molecule has 1 aliphatic rings. The van der Waals surface area contributed by atoms with Gasteiger partial charge in [-0.1, -0.05) is 6.42 Å². The van der Waals surface area contributed by atoms with Crippen molar-refractivity contribution in [3.8, 4) is 6.07 Å². The zero-order chi connectivity index (χ0) is 14.8. The van der Waals surface area contributed by atoms with Crippen LogP contribution in [0.25, 0.3) is 0 Å². The third-order valence-electron chi connectivity index (χ3n) is 3.73. The number of hydrogen-bond acceptors (Lipinski definition) is 4. The number of aryl methyl sites for hydroxylation is 1. The molecule has 1 fully saturated rings. The lowest BCUT2D eigenvalue weighted by Gasteiger charge is -2.36. The van der Waals surface area contributed by atoms with E-state index in [2.05, 4.69) is 0 Å². The summed E-state index contributed by atoms with van der Waals surface area (Å²) in [6.45, 7) is 1.65. The van der Waals surface area contributed by atoms with Gasteiger partial charge in [0.2, 0.25) is 10.0 Å². The van der Waals surface area contributed by atoms with Crippen LogP contribution in [0.3, 0.4) is 0 Å². The van der Waals surface area contributed by atoms with Crippen molar-refractivity contribution in [2.24, 2.45) is 0 Å². The Bertz CT molecular complexity index is 630. The Morgan fingerprint density at radius 3 is 2.60 bits per heavy atom. The summed E-state index contributed by atoms with van der Waals surface area (Å²) in [7, 11) is -3.61. The van der Waals surface area contributed by atoms with Crippen molar-refractivity contribution >= 4 is 10.0 Å². The Kier molecular flexibility index (Phi) is 4.43. The lowest BCUT2D eigenvalue weighted by Crippen LogP contribution is -2.45. The van der Waals surface area contributed by atoms with Gasteiger partial charge in [0.05, 0.1) is 23.1 Å². The second-order valence-corrected chi connectivity index (χ2v) is 6.90. The van der Waals surface area contributed by atoms with Crippen LogP contribution in [0.2, 0.25) is 0 Å². The van der Waals surface area contributed by atoms with Crippen LogP contribution in [0.1, 0.15) is 30.4 Å². The van der Waals surface area contributed by atoms with Gasteiger partial charge < -0.3 is 5.11 Å². The largest absolute Gasteiger partial charge is 0.395 e. The molecular weight excluding hydrogens is 276 g/mol. The summed E-state index contributed by atoms with van der Waals surface area (Å²) in [5, 5.41) is 18.0. The molecule has 1 aliphatic carbocycles. The van der Waals surface area contributed by atoms with Crippen LogP contribution in [-0.4, -0.2) is 37.0 Å². The van der Waals surface area contributed by atoms with Crippen molar-refractivity contribution in [1.29, 1.82) is 5.26 Å². The summed E-state index contributed by atoms with van der Waals surface area (Å²) in [4.78, 5) is 0.189. The molecule has 0 aliphatic heterocycles. The third kappa shape index (κ3) is 2.70. The van der Waals surface area contributed by atoms with Crippen molar-refractivity contribution in [1.82, 2.24) is 4.31 Å². The van der Waals surface area contributed by atoms with Gasteiger partial charge in [-0.3, -0.25) is 0 Å². The van der Waals surface area contributed by atoms with Gasteiger partial charge in [0.25, 0.3) is 0 Å². The van der Waals surface area contributed by atoms with E-state index < -0.39 is 10.0 Å². The molecular formula is C14H18N2O3S. The van der Waals surface area contributed by atoms with Crippen molar-refractivity contribution < 1.29 is 13.5 Å². The maximum Gasteiger partial charge on any atom is 0.243 e. The van der Waals surface area contributed by atoms with Crippen LogP contribution in [-0.2, 0) is 10.0 Å². The minimum Gasteiger partial charge on any atom is -0.395 e. The number of rotatable bonds is 5. The van der Waals surface area contributed by atoms with E-state index in [0.29, 0.717) is 11.1 Å². The SMILES string of the molecule is Cc1cc(S(=O)(=O)N(CCO)C2CCC2)ccc1C#N. The van der Waals surface area contributed by atoms with E-state index in [0.717, 1.165) is 19.3 Å². The van der Waals surface area contributed by atoms with Crippen LogP contribution < -0.4 is 0 Å². The highest BCUT2D eigenvalue weighted by Gasteiger charge is 2.34. The molecule has 6 heteroatoms. The van der Waals surface area contributed by atoms with Crippen LogP contribution >= 0.6 is 0 Å². The van der Waals surface area contributed by atoms with Crippen LogP contribution in [0.15, 0.2) is 23.1 Å². The third-order valence-corrected chi connectivity index (χ3v) is 5.68. The second kappa shape index (κ2) is 5.92. The van der Waals surface area contributed by atoms with E-state index in [-0.39, 0.29) is 24.1 Å². The predicted octanol–water partition coefficient (Wildman–Crippen LogP) is 1.40. The van der Waals surface area contributed by atoms with Gasteiger partial charge in [0.1, 0.15) is 0 Å². The molecule has 1 aromatic carbocycles. The first kappa shape index (κ1) is 15.0. The van der Waals surface area contributed by atoms with E-state index in [1.54, 1.807) is 6.92 Å². The molecule has 0 saturated heterocycles. The number of nitriles is 1. The normalized spacial score (nSPS) is 15.9. The first-order valence-electron chi connectivity index (χ1n) is 6.64. The average molecular weight is 294 g/mol. The lowest BCUT2D eigenvalue weighted by molar-refractivity contribution is 0.178. The topological polar surface area (TPSA) is 81.4 Å². The summed E-state index contributed by atoms with van der Waals surface area (Å²) in [5.74, 6) is 0. The molecule has 20 heavy (non-hydrogen) atoms. The molecule has 0 bridgehead atoms. The number of nitrogens with zero attached hydrogens (tertiary/aromatic N) is 2. The van der Waals surface area contributed by atoms with Gasteiger partial charge in [-0.2, -0.15) is 9.57 Å². The zero-order valence-corrected chi connectivity index (χ0v) is 12.2. The van der Waals surface area contributed by atoms with Gasteiger partial charge in [-0.05, 0) is 43.5 Å². The van der Waals surface area contributed by atoms with Gasteiger partial charge in [-0.25, -0.2) is 8.42 Å².